The molecule has 0 unspecified atom stereocenters. The molecule has 0 aliphatic rings. The Labute approximate surface area is 402 Å². The molecule has 3 rings (SSSR count). The number of rotatable bonds is 32. The highest BCUT2D eigenvalue weighted by Crippen LogP contribution is 2.23. The summed E-state index contributed by atoms with van der Waals surface area (Å²) < 4.78 is 42.5. The van der Waals surface area contributed by atoms with Crippen molar-refractivity contribution in [3.8, 4) is 11.3 Å². The van der Waals surface area contributed by atoms with E-state index in [1.165, 1.54) is 7.11 Å². The van der Waals surface area contributed by atoms with Gasteiger partial charge in [-0.3, -0.25) is 20.0 Å². The first kappa shape index (κ1) is 57.1. The van der Waals surface area contributed by atoms with E-state index in [0.29, 0.717) is 72.5 Å². The van der Waals surface area contributed by atoms with Gasteiger partial charge in [-0.1, -0.05) is 102 Å². The Hall–Kier alpha value is -5.21. The molecule has 4 amide bonds. The van der Waals surface area contributed by atoms with Gasteiger partial charge in [0.2, 0.25) is 5.91 Å². The van der Waals surface area contributed by atoms with Gasteiger partial charge in [-0.25, -0.2) is 14.6 Å². The number of pyridine rings is 1. The van der Waals surface area contributed by atoms with Crippen molar-refractivity contribution < 1.29 is 57.1 Å². The van der Waals surface area contributed by atoms with E-state index in [-0.39, 0.29) is 26.3 Å². The summed E-state index contributed by atoms with van der Waals surface area (Å²) in [4.78, 5) is 57.9. The molecule has 0 aliphatic carbocycles. The van der Waals surface area contributed by atoms with E-state index in [0.717, 1.165) is 22.4 Å². The van der Waals surface area contributed by atoms with Crippen LogP contribution in [0.25, 0.3) is 11.3 Å². The number of carbonyl (C=O) groups excluding carboxylic acids is 4. The third-order valence-corrected chi connectivity index (χ3v) is 10.1. The molecule has 0 saturated heterocycles. The highest BCUT2D eigenvalue weighted by Gasteiger charge is 2.36. The van der Waals surface area contributed by atoms with E-state index in [1.807, 2.05) is 121 Å². The van der Waals surface area contributed by atoms with Gasteiger partial charge >= 0.3 is 12.2 Å². The zero-order chi connectivity index (χ0) is 49.6. The molecule has 1 radical (unpaired) electrons. The van der Waals surface area contributed by atoms with Crippen LogP contribution >= 0.6 is 0 Å². The molecule has 0 aliphatic heterocycles. The molecule has 1 aromatic heterocycles. The predicted molar refractivity (Wildman–Crippen MR) is 257 cm³/mol. The number of methoxy groups -OCH3 is 2. The normalized spacial score (nSPS) is 13.0. The fraction of sp³-hybridized carbons (Fsp3) is 0.560. The Kier molecular flexibility index (Phi) is 26.7. The third kappa shape index (κ3) is 23.7. The lowest BCUT2D eigenvalue weighted by molar-refractivity contribution is -0.131. The maximum absolute atomic E-state index is 14.2. The molecule has 1 heterocycles. The summed E-state index contributed by atoms with van der Waals surface area (Å²) in [6.45, 7) is 16.1. The van der Waals surface area contributed by atoms with Gasteiger partial charge in [0.1, 0.15) is 18.7 Å². The average molecular weight is 952 g/mol. The van der Waals surface area contributed by atoms with Crippen molar-refractivity contribution in [2.24, 2.45) is 10.8 Å². The lowest BCUT2D eigenvalue weighted by Gasteiger charge is -2.34. The zero-order valence-electron chi connectivity index (χ0n) is 41.2. The summed E-state index contributed by atoms with van der Waals surface area (Å²) >= 11 is 0. The zero-order valence-corrected chi connectivity index (χ0v) is 41.2. The van der Waals surface area contributed by atoms with Gasteiger partial charge in [-0.15, -0.1) is 0 Å². The topological polar surface area (TPSA) is 206 Å². The van der Waals surface area contributed by atoms with Gasteiger partial charge in [-0.05, 0) is 40.5 Å². The lowest BCUT2D eigenvalue weighted by atomic mass is 9.86. The van der Waals surface area contributed by atoms with Crippen LogP contribution in [0.5, 0.6) is 0 Å². The van der Waals surface area contributed by atoms with E-state index >= 15 is 0 Å². The number of alkyl carbamates (subject to hydrolysis) is 2. The van der Waals surface area contributed by atoms with Gasteiger partial charge in [0.05, 0.1) is 85.5 Å². The second-order valence-corrected chi connectivity index (χ2v) is 17.9. The smallest absolute Gasteiger partial charge is 0.407 e. The molecule has 0 saturated carbocycles. The van der Waals surface area contributed by atoms with Crippen molar-refractivity contribution in [2.75, 3.05) is 100 Å². The molecule has 3 atom stereocenters. The second kappa shape index (κ2) is 31.8. The van der Waals surface area contributed by atoms with E-state index in [2.05, 4.69) is 26.4 Å². The van der Waals surface area contributed by atoms with Crippen LogP contribution in [0, 0.1) is 17.3 Å². The monoisotopic (exact) mass is 952 g/mol. The van der Waals surface area contributed by atoms with Crippen LogP contribution in [0.2, 0.25) is 0 Å². The average Bonchev–Trinajstić information content (AvgIpc) is 3.31. The van der Waals surface area contributed by atoms with Gasteiger partial charge in [0, 0.05) is 44.4 Å². The molecule has 0 spiro atoms. The maximum atomic E-state index is 14.2. The first-order valence-corrected chi connectivity index (χ1v) is 23.0. The SMILES string of the molecule is COCCOCCOCCOCCOCCOCCOC(=O)N[C@@H](C(=O)N[C@H]([CH]CN(Cc1ccc(-c2ccccn2)cc1)NC(=O)[C@H](NC(=O)OC)C(C)(C)C)Cc1ccccc1)C(C)(C)C. The van der Waals surface area contributed by atoms with Gasteiger partial charge in [0.25, 0.3) is 5.91 Å². The number of hydrogen-bond donors (Lipinski definition) is 4. The summed E-state index contributed by atoms with van der Waals surface area (Å²) in [5, 5.41) is 10.3. The molecule has 0 bridgehead atoms. The van der Waals surface area contributed by atoms with Crippen molar-refractivity contribution in [1.82, 2.24) is 31.4 Å². The Balaban J connectivity index is 1.59. The summed E-state index contributed by atoms with van der Waals surface area (Å²) in [5.41, 5.74) is 5.25. The highest BCUT2D eigenvalue weighted by molar-refractivity contribution is 5.87. The minimum absolute atomic E-state index is 0.0338. The molecule has 3 aromatic rings. The number of ether oxygens (including phenoxy) is 8. The molecular weight excluding hydrogens is 877 g/mol. The van der Waals surface area contributed by atoms with E-state index in [9.17, 15) is 19.2 Å². The number of benzene rings is 2. The third-order valence-electron chi connectivity index (χ3n) is 10.1. The molecule has 2 aromatic carbocycles. The van der Waals surface area contributed by atoms with Gasteiger partial charge < -0.3 is 53.8 Å². The van der Waals surface area contributed by atoms with Crippen molar-refractivity contribution in [1.29, 1.82) is 0 Å². The summed E-state index contributed by atoms with van der Waals surface area (Å²) in [5.74, 6) is -0.870. The van der Waals surface area contributed by atoms with Crippen LogP contribution in [0.15, 0.2) is 79.0 Å². The largest absolute Gasteiger partial charge is 0.453 e. The van der Waals surface area contributed by atoms with Crippen molar-refractivity contribution >= 4 is 24.0 Å². The fourth-order valence-electron chi connectivity index (χ4n) is 6.49. The number of hydrazine groups is 1. The first-order valence-electron chi connectivity index (χ1n) is 23.0. The predicted octanol–water partition coefficient (Wildman–Crippen LogP) is 5.15. The van der Waals surface area contributed by atoms with Crippen LogP contribution < -0.4 is 21.4 Å². The van der Waals surface area contributed by atoms with Gasteiger partial charge in [0.15, 0.2) is 0 Å². The molecule has 4 N–H and O–H groups in total. The lowest BCUT2D eigenvalue weighted by Crippen LogP contribution is -2.58. The first-order chi connectivity index (χ1) is 32.6. The van der Waals surface area contributed by atoms with Crippen LogP contribution in [0.1, 0.15) is 52.7 Å². The van der Waals surface area contributed by atoms with E-state index < -0.39 is 53.0 Å². The van der Waals surface area contributed by atoms with Crippen LogP contribution in [-0.4, -0.2) is 152 Å². The molecule has 377 valence electrons. The molecule has 18 nitrogen and oxygen atoms in total. The number of carbonyl (C=O) groups is 4. The van der Waals surface area contributed by atoms with Gasteiger partial charge in [-0.2, -0.15) is 0 Å². The molecule has 0 fully saturated rings. The Morgan fingerprint density at radius 1 is 0.588 bits per heavy atom. The van der Waals surface area contributed by atoms with Crippen LogP contribution in [0.3, 0.4) is 0 Å². The Morgan fingerprint density at radius 3 is 1.62 bits per heavy atom. The summed E-state index contributed by atoms with van der Waals surface area (Å²) in [7, 11) is 2.87. The number of amides is 4. The standard InChI is InChI=1S/C50H75N6O12/c1-49(2,3)43(54-48(60)68-35-34-67-33-32-66-31-30-65-29-28-64-27-26-63-25-24-61-7)45(57)52-41(36-38-14-10-9-11-15-38)21-23-56(55-46(58)44(50(4,5)6)53-47(59)62-8)37-39-17-19-40(20-18-39)42-16-12-13-22-51-42/h9-22,41,43-44H,23-37H2,1-8H3,(H,52,57)(H,53,59)(H,54,60)(H,55,58)/t41-,43+,44+/m1/s1. The summed E-state index contributed by atoms with van der Waals surface area (Å²) in [6.07, 6.45) is 2.56. The van der Waals surface area contributed by atoms with Crippen LogP contribution in [-0.2, 0) is 60.4 Å². The molecule has 68 heavy (non-hydrogen) atoms. The van der Waals surface area contributed by atoms with Crippen molar-refractivity contribution in [3.05, 3.63) is 96.5 Å². The number of aromatic nitrogens is 1. The molecular formula is C50H75N6O12. The number of nitrogens with one attached hydrogen (secondary N) is 4. The summed E-state index contributed by atoms with van der Waals surface area (Å²) in [6, 6.07) is 20.8. The highest BCUT2D eigenvalue weighted by atomic mass is 16.6. The van der Waals surface area contributed by atoms with E-state index in [4.69, 9.17) is 37.9 Å². The Bertz CT molecular complexity index is 1860. The fourth-order valence-corrected chi connectivity index (χ4v) is 6.49. The van der Waals surface area contributed by atoms with Crippen LogP contribution in [0.4, 0.5) is 9.59 Å². The number of nitrogens with zero attached hydrogens (tertiary/aromatic N) is 2. The minimum atomic E-state index is -0.977. The quantitative estimate of drug-likeness (QED) is 0.0472. The molecule has 18 heteroatoms. The van der Waals surface area contributed by atoms with E-state index in [1.54, 1.807) is 18.3 Å². The van der Waals surface area contributed by atoms with Crippen molar-refractivity contribution in [3.63, 3.8) is 0 Å². The van der Waals surface area contributed by atoms with Crippen molar-refractivity contribution in [2.45, 2.75) is 72.6 Å². The number of hydrogen-bond acceptors (Lipinski definition) is 14. The Morgan fingerprint density at radius 2 is 1.10 bits per heavy atom. The minimum Gasteiger partial charge on any atom is -0.453 e. The second-order valence-electron chi connectivity index (χ2n) is 17.9. The maximum Gasteiger partial charge on any atom is 0.407 e.